The minimum atomic E-state index is -0.611. The number of benzene rings is 1. The van der Waals surface area contributed by atoms with Crippen molar-refractivity contribution in [3.8, 4) is 0 Å². The highest BCUT2D eigenvalue weighted by Gasteiger charge is 2.30. The van der Waals surface area contributed by atoms with Gasteiger partial charge < -0.3 is 15.0 Å². The molecule has 0 saturated carbocycles. The first kappa shape index (κ1) is 12.9. The molecule has 6 heteroatoms. The highest BCUT2D eigenvalue weighted by atomic mass is 79.9. The van der Waals surface area contributed by atoms with Gasteiger partial charge in [-0.3, -0.25) is 4.79 Å². The van der Waals surface area contributed by atoms with E-state index in [2.05, 4.69) is 26.0 Å². The molecule has 1 heterocycles. The van der Waals surface area contributed by atoms with Crippen molar-refractivity contribution in [3.63, 3.8) is 0 Å². The molecular formula is C12H13BrN2O3. The van der Waals surface area contributed by atoms with Gasteiger partial charge in [0.2, 0.25) is 5.91 Å². The van der Waals surface area contributed by atoms with E-state index in [0.717, 1.165) is 10.2 Å². The molecule has 1 amide bonds. The fourth-order valence-electron chi connectivity index (χ4n) is 1.87. The van der Waals surface area contributed by atoms with E-state index < -0.39 is 12.0 Å². The van der Waals surface area contributed by atoms with Gasteiger partial charge in [-0.05, 0) is 24.3 Å². The fourth-order valence-corrected chi connectivity index (χ4v) is 2.13. The molecule has 1 aliphatic heterocycles. The van der Waals surface area contributed by atoms with Crippen molar-refractivity contribution in [2.45, 2.75) is 6.04 Å². The Morgan fingerprint density at radius 3 is 2.72 bits per heavy atom. The highest BCUT2D eigenvalue weighted by molar-refractivity contribution is 9.10. The number of nitrogens with zero attached hydrogens (tertiary/aromatic N) is 1. The minimum absolute atomic E-state index is 0.181. The predicted octanol–water partition coefficient (Wildman–Crippen LogP) is 0.927. The average molecular weight is 313 g/mol. The van der Waals surface area contributed by atoms with E-state index >= 15 is 0 Å². The van der Waals surface area contributed by atoms with E-state index in [0.29, 0.717) is 6.54 Å². The summed E-state index contributed by atoms with van der Waals surface area (Å²) in [6.45, 7) is 0.662. The highest BCUT2D eigenvalue weighted by Crippen LogP contribution is 2.19. The molecule has 1 saturated heterocycles. The number of piperazine rings is 1. The number of halogens is 1. The molecule has 0 radical (unpaired) electrons. The molecule has 1 aromatic rings. The van der Waals surface area contributed by atoms with Crippen LogP contribution in [0.15, 0.2) is 28.7 Å². The summed E-state index contributed by atoms with van der Waals surface area (Å²) in [6.07, 6.45) is 0. The summed E-state index contributed by atoms with van der Waals surface area (Å²) in [6, 6.07) is 6.98. The zero-order valence-electron chi connectivity index (χ0n) is 9.85. The molecular weight excluding hydrogens is 300 g/mol. The van der Waals surface area contributed by atoms with Crippen molar-refractivity contribution in [1.29, 1.82) is 0 Å². The van der Waals surface area contributed by atoms with Crippen LogP contribution >= 0.6 is 15.9 Å². The third kappa shape index (κ3) is 2.81. The Morgan fingerprint density at radius 1 is 1.44 bits per heavy atom. The van der Waals surface area contributed by atoms with E-state index in [9.17, 15) is 9.59 Å². The Hall–Kier alpha value is -1.56. The average Bonchev–Trinajstić information content (AvgIpc) is 2.38. The van der Waals surface area contributed by atoms with Crippen LogP contribution in [0, 0.1) is 0 Å². The monoisotopic (exact) mass is 312 g/mol. The van der Waals surface area contributed by atoms with E-state index in [1.54, 1.807) is 0 Å². The number of methoxy groups -OCH3 is 1. The molecule has 0 aromatic heterocycles. The van der Waals surface area contributed by atoms with Gasteiger partial charge in [-0.1, -0.05) is 15.9 Å². The lowest BCUT2D eigenvalue weighted by atomic mass is 10.2. The number of ether oxygens (including phenoxy) is 1. The second kappa shape index (κ2) is 5.39. The van der Waals surface area contributed by atoms with Crippen LogP contribution < -0.4 is 10.2 Å². The second-order valence-corrected chi connectivity index (χ2v) is 4.92. The number of hydrogen-bond donors (Lipinski definition) is 1. The molecule has 1 aliphatic rings. The summed E-state index contributed by atoms with van der Waals surface area (Å²) in [5.74, 6) is -0.607. The molecule has 0 aliphatic carbocycles. The summed E-state index contributed by atoms with van der Waals surface area (Å²) < 4.78 is 5.62. The first-order chi connectivity index (χ1) is 8.60. The van der Waals surface area contributed by atoms with Gasteiger partial charge in [0.15, 0.2) is 0 Å². The van der Waals surface area contributed by atoms with Gasteiger partial charge in [0.05, 0.1) is 13.7 Å². The number of carbonyl (C=O) groups excluding carboxylic acids is 2. The van der Waals surface area contributed by atoms with Crippen molar-refractivity contribution in [2.75, 3.05) is 25.1 Å². The zero-order valence-corrected chi connectivity index (χ0v) is 11.4. The standard InChI is InChI=1S/C12H13BrN2O3/c1-18-12(17)10-6-15(7-11(16)14-10)9-4-2-8(13)3-5-9/h2-5,10H,6-7H2,1H3,(H,14,16). The Balaban J connectivity index is 2.15. The number of hydrogen-bond acceptors (Lipinski definition) is 4. The minimum Gasteiger partial charge on any atom is -0.467 e. The number of nitrogens with one attached hydrogen (secondary N) is 1. The van der Waals surface area contributed by atoms with Crippen LogP contribution in [0.3, 0.4) is 0 Å². The topological polar surface area (TPSA) is 58.6 Å². The van der Waals surface area contributed by atoms with Crippen molar-refractivity contribution in [2.24, 2.45) is 0 Å². The molecule has 1 fully saturated rings. The Labute approximate surface area is 113 Å². The maximum atomic E-state index is 11.6. The van der Waals surface area contributed by atoms with Crippen LogP contribution in [0.5, 0.6) is 0 Å². The first-order valence-electron chi connectivity index (χ1n) is 5.48. The first-order valence-corrected chi connectivity index (χ1v) is 6.27. The maximum Gasteiger partial charge on any atom is 0.330 e. The van der Waals surface area contributed by atoms with Gasteiger partial charge in [0.1, 0.15) is 6.04 Å². The third-order valence-electron chi connectivity index (χ3n) is 2.75. The Kier molecular flexibility index (Phi) is 3.86. The van der Waals surface area contributed by atoms with Crippen molar-refractivity contribution in [3.05, 3.63) is 28.7 Å². The molecule has 1 N–H and O–H groups in total. The van der Waals surface area contributed by atoms with Crippen LogP contribution in [0.2, 0.25) is 0 Å². The number of rotatable bonds is 2. The molecule has 0 spiro atoms. The van der Waals surface area contributed by atoms with Crippen LogP contribution in [0.1, 0.15) is 0 Å². The molecule has 1 unspecified atom stereocenters. The fraction of sp³-hybridized carbons (Fsp3) is 0.333. The molecule has 18 heavy (non-hydrogen) atoms. The van der Waals surface area contributed by atoms with Crippen molar-refractivity contribution >= 4 is 33.5 Å². The summed E-state index contributed by atoms with van der Waals surface area (Å²) in [7, 11) is 1.31. The van der Waals surface area contributed by atoms with E-state index in [1.807, 2.05) is 29.2 Å². The molecule has 1 atom stereocenters. The summed E-state index contributed by atoms with van der Waals surface area (Å²) >= 11 is 3.36. The molecule has 5 nitrogen and oxygen atoms in total. The van der Waals surface area contributed by atoms with Crippen LogP contribution in [0.4, 0.5) is 5.69 Å². The quantitative estimate of drug-likeness (QED) is 0.825. The van der Waals surface area contributed by atoms with Gasteiger partial charge >= 0.3 is 5.97 Å². The lowest BCUT2D eigenvalue weighted by Gasteiger charge is -2.33. The largest absolute Gasteiger partial charge is 0.467 e. The lowest BCUT2D eigenvalue weighted by Crippen LogP contribution is -2.57. The number of anilines is 1. The van der Waals surface area contributed by atoms with E-state index in [-0.39, 0.29) is 12.5 Å². The Bertz CT molecular complexity index is 461. The van der Waals surface area contributed by atoms with Crippen LogP contribution in [0.25, 0.3) is 0 Å². The summed E-state index contributed by atoms with van der Waals surface area (Å²) in [4.78, 5) is 24.9. The number of carbonyl (C=O) groups is 2. The third-order valence-corrected chi connectivity index (χ3v) is 3.28. The number of amides is 1. The molecule has 1 aromatic carbocycles. The predicted molar refractivity (Wildman–Crippen MR) is 70.3 cm³/mol. The van der Waals surface area contributed by atoms with Crippen LogP contribution in [-0.2, 0) is 14.3 Å². The molecule has 0 bridgehead atoms. The van der Waals surface area contributed by atoms with E-state index in [1.165, 1.54) is 7.11 Å². The van der Waals surface area contributed by atoms with Gasteiger partial charge in [0, 0.05) is 16.7 Å². The van der Waals surface area contributed by atoms with Gasteiger partial charge in [0.25, 0.3) is 0 Å². The van der Waals surface area contributed by atoms with Gasteiger partial charge in [-0.2, -0.15) is 0 Å². The maximum absolute atomic E-state index is 11.6. The molecule has 96 valence electrons. The Morgan fingerprint density at radius 2 is 2.11 bits per heavy atom. The SMILES string of the molecule is COC(=O)C1CN(c2ccc(Br)cc2)CC(=O)N1. The van der Waals surface area contributed by atoms with Gasteiger partial charge in [-0.15, -0.1) is 0 Å². The van der Waals surface area contributed by atoms with Gasteiger partial charge in [-0.25, -0.2) is 4.79 Å². The summed E-state index contributed by atoms with van der Waals surface area (Å²) in [5.41, 5.74) is 0.905. The summed E-state index contributed by atoms with van der Waals surface area (Å²) in [5, 5.41) is 2.61. The number of esters is 1. The van der Waals surface area contributed by atoms with Crippen LogP contribution in [-0.4, -0.2) is 38.1 Å². The van der Waals surface area contributed by atoms with Crippen molar-refractivity contribution in [1.82, 2.24) is 5.32 Å². The lowest BCUT2D eigenvalue weighted by molar-refractivity contribution is -0.145. The smallest absolute Gasteiger partial charge is 0.330 e. The molecule has 2 rings (SSSR count). The van der Waals surface area contributed by atoms with E-state index in [4.69, 9.17) is 0 Å². The normalized spacial score (nSPS) is 19.3. The second-order valence-electron chi connectivity index (χ2n) is 4.00. The zero-order chi connectivity index (χ0) is 13.1. The van der Waals surface area contributed by atoms with Crippen molar-refractivity contribution < 1.29 is 14.3 Å².